The van der Waals surface area contributed by atoms with Crippen LogP contribution < -0.4 is 0 Å². The van der Waals surface area contributed by atoms with Gasteiger partial charge in [-0.1, -0.05) is 42.5 Å². The van der Waals surface area contributed by atoms with E-state index in [0.717, 1.165) is 35.7 Å². The second-order valence-corrected chi connectivity index (χ2v) is 6.00. The molecule has 2 nitrogen and oxygen atoms in total. The summed E-state index contributed by atoms with van der Waals surface area (Å²) in [4.78, 5) is 14.8. The van der Waals surface area contributed by atoms with Crippen LogP contribution >= 0.6 is 23.2 Å². The summed E-state index contributed by atoms with van der Waals surface area (Å²) in [7, 11) is 0. The Morgan fingerprint density at radius 3 is 2.47 bits per heavy atom. The summed E-state index contributed by atoms with van der Waals surface area (Å²) in [6.07, 6.45) is 6.89. The first-order valence-corrected chi connectivity index (χ1v) is 7.42. The van der Waals surface area contributed by atoms with E-state index in [1.807, 2.05) is 0 Å². The van der Waals surface area contributed by atoms with Crippen LogP contribution in [0.3, 0.4) is 0 Å². The van der Waals surface area contributed by atoms with Gasteiger partial charge in [-0.2, -0.15) is 0 Å². The fourth-order valence-corrected chi connectivity index (χ4v) is 3.57. The molecular weight excluding hydrogens is 281 g/mol. The first kappa shape index (κ1) is 13.0. The largest absolute Gasteiger partial charge is 0.356 e. The second-order valence-electron chi connectivity index (χ2n) is 5.18. The SMILES string of the molecule is O=Cc1c(C2CCCCC2)[nH]c2c(Cl)ccc(Cl)c12. The van der Waals surface area contributed by atoms with Crippen LogP contribution in [-0.2, 0) is 0 Å². The summed E-state index contributed by atoms with van der Waals surface area (Å²) < 4.78 is 0. The van der Waals surface area contributed by atoms with Crippen LogP contribution in [0.1, 0.15) is 54.1 Å². The molecule has 1 heterocycles. The summed E-state index contributed by atoms with van der Waals surface area (Å²) in [5, 5.41) is 1.97. The van der Waals surface area contributed by atoms with E-state index >= 15 is 0 Å². The molecule has 0 aliphatic heterocycles. The molecule has 19 heavy (non-hydrogen) atoms. The number of halogens is 2. The third kappa shape index (κ3) is 2.17. The Balaban J connectivity index is 2.21. The van der Waals surface area contributed by atoms with Gasteiger partial charge in [-0.05, 0) is 30.9 Å². The maximum atomic E-state index is 11.5. The van der Waals surface area contributed by atoms with Crippen LogP contribution in [0.5, 0.6) is 0 Å². The molecule has 0 bridgehead atoms. The Morgan fingerprint density at radius 2 is 1.79 bits per heavy atom. The van der Waals surface area contributed by atoms with E-state index in [1.54, 1.807) is 12.1 Å². The molecule has 1 aliphatic rings. The molecule has 0 radical (unpaired) electrons. The van der Waals surface area contributed by atoms with Crippen LogP contribution in [0.4, 0.5) is 0 Å². The van der Waals surface area contributed by atoms with Gasteiger partial charge in [0.2, 0.25) is 0 Å². The van der Waals surface area contributed by atoms with Crippen molar-refractivity contribution < 1.29 is 4.79 Å². The molecule has 0 spiro atoms. The minimum absolute atomic E-state index is 0.425. The number of nitrogens with one attached hydrogen (secondary N) is 1. The predicted molar refractivity (Wildman–Crippen MR) is 79.5 cm³/mol. The van der Waals surface area contributed by atoms with E-state index in [2.05, 4.69) is 4.98 Å². The van der Waals surface area contributed by atoms with Gasteiger partial charge >= 0.3 is 0 Å². The molecule has 1 aliphatic carbocycles. The van der Waals surface area contributed by atoms with E-state index in [0.29, 0.717) is 21.5 Å². The number of carbonyl (C=O) groups excluding carboxylic acids is 1. The van der Waals surface area contributed by atoms with Gasteiger partial charge in [-0.3, -0.25) is 4.79 Å². The Hall–Kier alpha value is -0.990. The van der Waals surface area contributed by atoms with Gasteiger partial charge in [0.1, 0.15) is 0 Å². The summed E-state index contributed by atoms with van der Waals surface area (Å²) in [6.45, 7) is 0. The molecule has 1 N–H and O–H groups in total. The molecule has 0 unspecified atom stereocenters. The minimum atomic E-state index is 0.425. The van der Waals surface area contributed by atoms with Gasteiger partial charge in [0.05, 0.1) is 15.6 Å². The van der Waals surface area contributed by atoms with E-state index in [4.69, 9.17) is 23.2 Å². The highest BCUT2D eigenvalue weighted by molar-refractivity contribution is 6.41. The maximum Gasteiger partial charge on any atom is 0.152 e. The van der Waals surface area contributed by atoms with Crippen molar-refractivity contribution in [1.82, 2.24) is 4.98 Å². The molecule has 3 rings (SSSR count). The number of aldehydes is 1. The highest BCUT2D eigenvalue weighted by Crippen LogP contribution is 2.39. The van der Waals surface area contributed by atoms with Crippen molar-refractivity contribution in [2.45, 2.75) is 38.0 Å². The van der Waals surface area contributed by atoms with Gasteiger partial charge < -0.3 is 4.98 Å². The third-order valence-corrected chi connectivity index (χ3v) is 4.68. The smallest absolute Gasteiger partial charge is 0.152 e. The number of benzene rings is 1. The van der Waals surface area contributed by atoms with E-state index in [-0.39, 0.29) is 0 Å². The molecule has 0 saturated heterocycles. The molecule has 1 saturated carbocycles. The minimum Gasteiger partial charge on any atom is -0.356 e. The van der Waals surface area contributed by atoms with Gasteiger partial charge in [-0.25, -0.2) is 0 Å². The molecular formula is C15H15Cl2NO. The van der Waals surface area contributed by atoms with Crippen molar-refractivity contribution in [2.24, 2.45) is 0 Å². The van der Waals surface area contributed by atoms with Crippen molar-refractivity contribution >= 4 is 40.4 Å². The first-order valence-electron chi connectivity index (χ1n) is 6.67. The van der Waals surface area contributed by atoms with Gasteiger partial charge in [0.25, 0.3) is 0 Å². The number of hydrogen-bond donors (Lipinski definition) is 1. The van der Waals surface area contributed by atoms with Crippen molar-refractivity contribution in [3.8, 4) is 0 Å². The van der Waals surface area contributed by atoms with Gasteiger partial charge in [0.15, 0.2) is 6.29 Å². The predicted octanol–water partition coefficient (Wildman–Crippen LogP) is 5.33. The number of hydrogen-bond acceptors (Lipinski definition) is 1. The van der Waals surface area contributed by atoms with Gasteiger partial charge in [0, 0.05) is 16.6 Å². The van der Waals surface area contributed by atoms with Crippen LogP contribution in [0.2, 0.25) is 10.0 Å². The Labute approximate surface area is 122 Å². The Bertz CT molecular complexity index is 627. The normalized spacial score (nSPS) is 16.9. The lowest BCUT2D eigenvalue weighted by Gasteiger charge is -2.21. The number of fused-ring (bicyclic) bond motifs is 1. The maximum absolute atomic E-state index is 11.5. The number of rotatable bonds is 2. The summed E-state index contributed by atoms with van der Waals surface area (Å²) in [6, 6.07) is 3.51. The zero-order valence-electron chi connectivity index (χ0n) is 10.5. The molecule has 2 aromatic rings. The highest BCUT2D eigenvalue weighted by Gasteiger charge is 2.23. The van der Waals surface area contributed by atoms with E-state index in [1.165, 1.54) is 19.3 Å². The Kier molecular flexibility index (Phi) is 3.55. The quantitative estimate of drug-likeness (QED) is 0.746. The molecule has 1 aromatic heterocycles. The lowest BCUT2D eigenvalue weighted by Crippen LogP contribution is -2.06. The average Bonchev–Trinajstić information content (AvgIpc) is 2.84. The second kappa shape index (κ2) is 5.18. The molecule has 0 atom stereocenters. The Morgan fingerprint density at radius 1 is 1.11 bits per heavy atom. The van der Waals surface area contributed by atoms with Crippen LogP contribution in [0.15, 0.2) is 12.1 Å². The van der Waals surface area contributed by atoms with Crippen molar-refractivity contribution in [1.29, 1.82) is 0 Å². The first-order chi connectivity index (χ1) is 9.22. The summed E-state index contributed by atoms with van der Waals surface area (Å²) in [5.74, 6) is 0.425. The highest BCUT2D eigenvalue weighted by atomic mass is 35.5. The summed E-state index contributed by atoms with van der Waals surface area (Å²) in [5.41, 5.74) is 2.49. The zero-order chi connectivity index (χ0) is 13.4. The topological polar surface area (TPSA) is 32.9 Å². The number of aromatic amines is 1. The number of H-pyrrole nitrogens is 1. The van der Waals surface area contributed by atoms with Crippen LogP contribution in [0.25, 0.3) is 10.9 Å². The lowest BCUT2D eigenvalue weighted by atomic mass is 9.85. The van der Waals surface area contributed by atoms with Crippen LogP contribution in [-0.4, -0.2) is 11.3 Å². The van der Waals surface area contributed by atoms with Crippen LogP contribution in [0, 0.1) is 0 Å². The number of carbonyl (C=O) groups is 1. The zero-order valence-corrected chi connectivity index (χ0v) is 12.0. The molecule has 0 amide bonds. The third-order valence-electron chi connectivity index (χ3n) is 4.05. The lowest BCUT2D eigenvalue weighted by molar-refractivity contribution is 0.112. The van der Waals surface area contributed by atoms with E-state index < -0.39 is 0 Å². The van der Waals surface area contributed by atoms with Gasteiger partial charge in [-0.15, -0.1) is 0 Å². The summed E-state index contributed by atoms with van der Waals surface area (Å²) >= 11 is 12.4. The average molecular weight is 296 g/mol. The number of aromatic nitrogens is 1. The van der Waals surface area contributed by atoms with Crippen molar-refractivity contribution in [2.75, 3.05) is 0 Å². The van der Waals surface area contributed by atoms with Crippen molar-refractivity contribution in [3.05, 3.63) is 33.4 Å². The van der Waals surface area contributed by atoms with E-state index in [9.17, 15) is 4.79 Å². The molecule has 4 heteroatoms. The fraction of sp³-hybridized carbons (Fsp3) is 0.400. The fourth-order valence-electron chi connectivity index (χ4n) is 3.11. The monoisotopic (exact) mass is 295 g/mol. The van der Waals surface area contributed by atoms with Crippen molar-refractivity contribution in [3.63, 3.8) is 0 Å². The molecule has 1 fully saturated rings. The standard InChI is InChI=1S/C15H15Cl2NO/c16-11-6-7-12(17)15-13(11)10(8-19)14(18-15)9-4-2-1-3-5-9/h6-9,18H,1-5H2. The molecule has 100 valence electrons. The molecule has 1 aromatic carbocycles.